The highest BCUT2D eigenvalue weighted by atomic mass is 16.5. The number of rotatable bonds is 7. The van der Waals surface area contributed by atoms with Gasteiger partial charge in [-0.05, 0) is 35.1 Å². The number of aromatic carboxylic acids is 1. The molecule has 2 aliphatic rings. The largest absolute Gasteiger partial charge is 0.476 e. The van der Waals surface area contributed by atoms with Crippen LogP contribution < -0.4 is 10.6 Å². The third kappa shape index (κ3) is 4.00. The number of nitrogens with one attached hydrogen (secondary N) is 2. The molecule has 2 aliphatic carbocycles. The Balaban J connectivity index is 1.20. The Morgan fingerprint density at radius 1 is 1.09 bits per heavy atom. The summed E-state index contributed by atoms with van der Waals surface area (Å²) < 4.78 is 6.78. The molecule has 0 spiro atoms. The van der Waals surface area contributed by atoms with Gasteiger partial charge >= 0.3 is 12.1 Å². The summed E-state index contributed by atoms with van der Waals surface area (Å²) in [6.07, 6.45) is 2.03. The summed E-state index contributed by atoms with van der Waals surface area (Å²) in [6.45, 7) is 0.194. The molecule has 9 nitrogen and oxygen atoms in total. The predicted octanol–water partition coefficient (Wildman–Crippen LogP) is 3.52. The Hall–Kier alpha value is -4.14. The lowest BCUT2D eigenvalue weighted by atomic mass is 9.98. The van der Waals surface area contributed by atoms with Crippen LogP contribution in [0.25, 0.3) is 11.1 Å². The Labute approximate surface area is 195 Å². The Kier molecular flexibility index (Phi) is 5.31. The fourth-order valence-electron chi connectivity index (χ4n) is 4.63. The van der Waals surface area contributed by atoms with Crippen LogP contribution >= 0.6 is 0 Å². The summed E-state index contributed by atoms with van der Waals surface area (Å²) in [5, 5.41) is 18.6. The summed E-state index contributed by atoms with van der Waals surface area (Å²) in [5.41, 5.74) is 3.89. The molecular formula is C25H24N4O5. The number of carboxylic acids is 1. The summed E-state index contributed by atoms with van der Waals surface area (Å²) in [7, 11) is 1.49. The van der Waals surface area contributed by atoms with Gasteiger partial charge in [0, 0.05) is 13.0 Å². The van der Waals surface area contributed by atoms with Gasteiger partial charge in [0.1, 0.15) is 6.61 Å². The number of nitrogens with zero attached hydrogens (tertiary/aromatic N) is 2. The van der Waals surface area contributed by atoms with Gasteiger partial charge in [0.2, 0.25) is 5.91 Å². The maximum atomic E-state index is 12.6. The second kappa shape index (κ2) is 8.33. The first-order valence-corrected chi connectivity index (χ1v) is 11.1. The molecule has 34 heavy (non-hydrogen) atoms. The van der Waals surface area contributed by atoms with Crippen molar-refractivity contribution < 1.29 is 24.2 Å². The van der Waals surface area contributed by atoms with Crippen LogP contribution in [0.1, 0.15) is 46.8 Å². The van der Waals surface area contributed by atoms with E-state index < -0.39 is 23.5 Å². The maximum Gasteiger partial charge on any atom is 0.407 e. The summed E-state index contributed by atoms with van der Waals surface area (Å²) in [4.78, 5) is 36.5. The van der Waals surface area contributed by atoms with Crippen molar-refractivity contribution in [3.8, 4) is 11.1 Å². The number of carbonyl (C=O) groups excluding carboxylic acids is 2. The van der Waals surface area contributed by atoms with Crippen LogP contribution in [0.3, 0.4) is 0 Å². The number of hydrogen-bond acceptors (Lipinski definition) is 5. The number of fused-ring (bicyclic) bond motifs is 3. The zero-order valence-electron chi connectivity index (χ0n) is 18.6. The number of aromatic nitrogens is 2. The third-order valence-electron chi connectivity index (χ3n) is 6.48. The normalized spacial score (nSPS) is 15.2. The molecule has 1 saturated carbocycles. The highest BCUT2D eigenvalue weighted by Crippen LogP contribution is 2.44. The fraction of sp³-hybridized carbons (Fsp3) is 0.280. The molecule has 0 radical (unpaired) electrons. The minimum absolute atomic E-state index is 0.0190. The van der Waals surface area contributed by atoms with E-state index in [0.717, 1.165) is 22.3 Å². The smallest absolute Gasteiger partial charge is 0.407 e. The molecular weight excluding hydrogens is 436 g/mol. The number of amides is 2. The monoisotopic (exact) mass is 460 g/mol. The van der Waals surface area contributed by atoms with Crippen molar-refractivity contribution in [2.24, 2.45) is 7.05 Å². The highest BCUT2D eigenvalue weighted by molar-refractivity contribution is 5.99. The Morgan fingerprint density at radius 2 is 1.71 bits per heavy atom. The van der Waals surface area contributed by atoms with E-state index in [1.807, 2.05) is 24.3 Å². The summed E-state index contributed by atoms with van der Waals surface area (Å²) in [6, 6.07) is 16.2. The lowest BCUT2D eigenvalue weighted by molar-refractivity contribution is -0.116. The van der Waals surface area contributed by atoms with Crippen LogP contribution in [0.15, 0.2) is 54.7 Å². The molecule has 1 fully saturated rings. The molecule has 3 N–H and O–H groups in total. The molecule has 2 aromatic carbocycles. The van der Waals surface area contributed by atoms with Crippen molar-refractivity contribution >= 4 is 23.7 Å². The van der Waals surface area contributed by atoms with Gasteiger partial charge in [-0.15, -0.1) is 0 Å². The van der Waals surface area contributed by atoms with Crippen LogP contribution in [0.5, 0.6) is 0 Å². The number of carbonyl (C=O) groups is 3. The van der Waals surface area contributed by atoms with Crippen LogP contribution in [0, 0.1) is 0 Å². The quantitative estimate of drug-likeness (QED) is 0.496. The van der Waals surface area contributed by atoms with Crippen molar-refractivity contribution in [2.75, 3.05) is 11.9 Å². The Bertz CT molecular complexity index is 1250. The number of benzene rings is 2. The van der Waals surface area contributed by atoms with Crippen LogP contribution in [0.4, 0.5) is 10.5 Å². The average molecular weight is 460 g/mol. The van der Waals surface area contributed by atoms with Gasteiger partial charge in [-0.1, -0.05) is 48.5 Å². The maximum absolute atomic E-state index is 12.6. The molecule has 9 heteroatoms. The average Bonchev–Trinajstić information content (AvgIpc) is 3.32. The fourth-order valence-corrected chi connectivity index (χ4v) is 4.63. The molecule has 0 atom stereocenters. The molecule has 3 aromatic rings. The summed E-state index contributed by atoms with van der Waals surface area (Å²) >= 11 is 0. The zero-order chi connectivity index (χ0) is 23.9. The second-order valence-electron chi connectivity index (χ2n) is 8.79. The SMILES string of the molecule is Cn1ncc(NC(=O)CC2(NC(=O)OCC3c4ccccc4-c4ccccc43)CC2)c1C(=O)O. The second-order valence-corrected chi connectivity index (χ2v) is 8.79. The molecule has 174 valence electrons. The third-order valence-corrected chi connectivity index (χ3v) is 6.48. The van der Waals surface area contributed by atoms with Crippen molar-refractivity contribution in [3.05, 3.63) is 71.5 Å². The van der Waals surface area contributed by atoms with Crippen LogP contribution in [-0.2, 0) is 16.6 Å². The predicted molar refractivity (Wildman–Crippen MR) is 124 cm³/mol. The zero-order valence-corrected chi connectivity index (χ0v) is 18.6. The van der Waals surface area contributed by atoms with E-state index in [0.29, 0.717) is 12.8 Å². The first-order chi connectivity index (χ1) is 16.4. The van der Waals surface area contributed by atoms with E-state index in [-0.39, 0.29) is 30.3 Å². The minimum atomic E-state index is -1.19. The van der Waals surface area contributed by atoms with Gasteiger partial charge in [0.25, 0.3) is 0 Å². The van der Waals surface area contributed by atoms with E-state index in [9.17, 15) is 19.5 Å². The molecule has 5 rings (SSSR count). The number of hydrogen-bond donors (Lipinski definition) is 3. The number of alkyl carbamates (subject to hydrolysis) is 1. The minimum Gasteiger partial charge on any atom is -0.476 e. The van der Waals surface area contributed by atoms with E-state index in [1.54, 1.807) is 0 Å². The van der Waals surface area contributed by atoms with E-state index >= 15 is 0 Å². The molecule has 1 aromatic heterocycles. The standard InChI is InChI=1S/C25H24N4O5/c1-29-22(23(31)32)20(13-26-29)27-21(30)12-25(10-11-25)28-24(33)34-14-19-17-8-4-2-6-15(17)16-7-3-5-9-18(16)19/h2-9,13,19H,10-12,14H2,1H3,(H,27,30)(H,28,33)(H,31,32). The van der Waals surface area contributed by atoms with Crippen molar-refractivity contribution in [3.63, 3.8) is 0 Å². The van der Waals surface area contributed by atoms with Crippen molar-refractivity contribution in [1.82, 2.24) is 15.1 Å². The van der Waals surface area contributed by atoms with Gasteiger partial charge in [-0.25, -0.2) is 9.59 Å². The van der Waals surface area contributed by atoms with Gasteiger partial charge in [-0.3, -0.25) is 9.48 Å². The van der Waals surface area contributed by atoms with Gasteiger partial charge in [0.05, 0.1) is 23.8 Å². The number of carboxylic acid groups (broad SMARTS) is 1. The molecule has 2 amide bonds. The molecule has 0 aliphatic heterocycles. The van der Waals surface area contributed by atoms with Crippen LogP contribution in [-0.4, -0.2) is 45.0 Å². The number of aryl methyl sites for hydroxylation is 1. The van der Waals surface area contributed by atoms with Gasteiger partial charge in [-0.2, -0.15) is 5.10 Å². The Morgan fingerprint density at radius 3 is 2.29 bits per heavy atom. The van der Waals surface area contributed by atoms with Crippen LogP contribution in [0.2, 0.25) is 0 Å². The van der Waals surface area contributed by atoms with E-state index in [1.165, 1.54) is 17.9 Å². The van der Waals surface area contributed by atoms with E-state index in [2.05, 4.69) is 40.0 Å². The number of ether oxygens (including phenoxy) is 1. The van der Waals surface area contributed by atoms with Crippen molar-refractivity contribution in [1.29, 1.82) is 0 Å². The molecule has 0 saturated heterocycles. The molecule has 0 unspecified atom stereocenters. The van der Waals surface area contributed by atoms with Gasteiger partial charge < -0.3 is 20.5 Å². The lowest BCUT2D eigenvalue weighted by Gasteiger charge is -2.19. The van der Waals surface area contributed by atoms with Gasteiger partial charge in [0.15, 0.2) is 5.69 Å². The molecule has 0 bridgehead atoms. The highest BCUT2D eigenvalue weighted by Gasteiger charge is 2.46. The topological polar surface area (TPSA) is 123 Å². The molecule has 1 heterocycles. The van der Waals surface area contributed by atoms with E-state index in [4.69, 9.17) is 4.74 Å². The van der Waals surface area contributed by atoms with Crippen molar-refractivity contribution in [2.45, 2.75) is 30.7 Å². The lowest BCUT2D eigenvalue weighted by Crippen LogP contribution is -2.40. The summed E-state index contributed by atoms with van der Waals surface area (Å²) in [5.74, 6) is -1.63. The first kappa shape index (κ1) is 21.7. The number of anilines is 1. The first-order valence-electron chi connectivity index (χ1n) is 11.1.